The maximum Gasteiger partial charge on any atom is 0.252 e. The van der Waals surface area contributed by atoms with E-state index in [0.29, 0.717) is 21.5 Å². The number of halogens is 2. The van der Waals surface area contributed by atoms with Crippen molar-refractivity contribution in [2.75, 3.05) is 20.2 Å². The average molecular weight is 402 g/mol. The molecule has 0 amide bonds. The minimum Gasteiger partial charge on any atom is -0.496 e. The summed E-state index contributed by atoms with van der Waals surface area (Å²) in [6.07, 6.45) is 2.18. The fourth-order valence-electron chi connectivity index (χ4n) is 3.13. The van der Waals surface area contributed by atoms with Crippen LogP contribution in [-0.4, -0.2) is 29.8 Å². The van der Waals surface area contributed by atoms with Gasteiger partial charge < -0.3 is 14.6 Å². The third-order valence-corrected chi connectivity index (χ3v) is 4.93. The summed E-state index contributed by atoms with van der Waals surface area (Å²) in [5.74, 6) is 1.19. The maximum atomic E-state index is 12.0. The first-order valence-electron chi connectivity index (χ1n) is 7.97. The molecule has 1 fully saturated rings. The Labute approximate surface area is 162 Å². The normalized spacial score (nSPS) is 14.8. The van der Waals surface area contributed by atoms with Gasteiger partial charge in [0.2, 0.25) is 0 Å². The third kappa shape index (κ3) is 4.64. The second kappa shape index (κ2) is 8.85. The van der Waals surface area contributed by atoms with Crippen molar-refractivity contribution < 1.29 is 4.74 Å². The predicted molar refractivity (Wildman–Crippen MR) is 106 cm³/mol. The van der Waals surface area contributed by atoms with E-state index in [1.807, 2.05) is 10.6 Å². The first-order valence-corrected chi connectivity index (χ1v) is 8.76. The van der Waals surface area contributed by atoms with E-state index in [1.54, 1.807) is 25.3 Å². The van der Waals surface area contributed by atoms with Crippen LogP contribution in [0.15, 0.2) is 29.1 Å². The Morgan fingerprint density at radius 3 is 2.72 bits per heavy atom. The van der Waals surface area contributed by atoms with Crippen LogP contribution in [0.2, 0.25) is 5.02 Å². The molecule has 136 valence electrons. The van der Waals surface area contributed by atoms with Crippen LogP contribution < -0.4 is 15.6 Å². The van der Waals surface area contributed by atoms with E-state index in [2.05, 4.69) is 10.3 Å². The smallest absolute Gasteiger partial charge is 0.252 e. The number of ether oxygens (including phenoxy) is 1. The molecule has 0 atom stereocenters. The van der Waals surface area contributed by atoms with Crippen LogP contribution in [0.25, 0.3) is 11.3 Å². The lowest BCUT2D eigenvalue weighted by Crippen LogP contribution is -2.30. The summed E-state index contributed by atoms with van der Waals surface area (Å²) in [5.41, 5.74) is 1.29. The van der Waals surface area contributed by atoms with Gasteiger partial charge in [0.15, 0.2) is 4.77 Å². The minimum atomic E-state index is -0.224. The SMILES string of the molecule is COc1ccc(Cl)cc1-c1cc(=O)[nH]c(=S)n1CC1CCNCC1.Cl. The van der Waals surface area contributed by atoms with Gasteiger partial charge in [0.1, 0.15) is 5.75 Å². The number of benzene rings is 1. The van der Waals surface area contributed by atoms with E-state index in [9.17, 15) is 4.79 Å². The molecule has 1 aromatic heterocycles. The van der Waals surface area contributed by atoms with Gasteiger partial charge >= 0.3 is 0 Å². The molecule has 8 heteroatoms. The zero-order valence-electron chi connectivity index (χ0n) is 13.9. The number of aromatic amines is 1. The Balaban J connectivity index is 0.00000225. The molecule has 1 aliphatic rings. The number of hydrogen-bond acceptors (Lipinski definition) is 4. The molecule has 1 saturated heterocycles. The summed E-state index contributed by atoms with van der Waals surface area (Å²) in [5, 5.41) is 3.95. The lowest BCUT2D eigenvalue weighted by molar-refractivity contribution is 0.331. The van der Waals surface area contributed by atoms with Gasteiger partial charge in [-0.1, -0.05) is 11.6 Å². The van der Waals surface area contributed by atoms with Crippen molar-refractivity contribution in [3.8, 4) is 17.0 Å². The largest absolute Gasteiger partial charge is 0.496 e. The number of methoxy groups -OCH3 is 1. The Hall–Kier alpha value is -1.34. The molecule has 5 nitrogen and oxygen atoms in total. The third-order valence-electron chi connectivity index (χ3n) is 4.37. The van der Waals surface area contributed by atoms with E-state index < -0.39 is 0 Å². The summed E-state index contributed by atoms with van der Waals surface area (Å²) in [4.78, 5) is 14.7. The monoisotopic (exact) mass is 401 g/mol. The molecule has 0 aliphatic carbocycles. The summed E-state index contributed by atoms with van der Waals surface area (Å²) in [7, 11) is 1.60. The zero-order chi connectivity index (χ0) is 17.1. The Morgan fingerprint density at radius 1 is 1.32 bits per heavy atom. The molecule has 0 unspecified atom stereocenters. The van der Waals surface area contributed by atoms with Crippen LogP contribution in [0.5, 0.6) is 5.75 Å². The zero-order valence-corrected chi connectivity index (χ0v) is 16.3. The summed E-state index contributed by atoms with van der Waals surface area (Å²) in [6.45, 7) is 2.79. The van der Waals surface area contributed by atoms with Gasteiger partial charge in [0, 0.05) is 23.2 Å². The number of nitrogens with one attached hydrogen (secondary N) is 2. The van der Waals surface area contributed by atoms with Gasteiger partial charge in [-0.2, -0.15) is 0 Å². The van der Waals surface area contributed by atoms with Crippen LogP contribution in [-0.2, 0) is 6.54 Å². The molecule has 1 aromatic carbocycles. The van der Waals surface area contributed by atoms with Gasteiger partial charge in [0.25, 0.3) is 5.56 Å². The van der Waals surface area contributed by atoms with Crippen molar-refractivity contribution >= 4 is 36.2 Å². The lowest BCUT2D eigenvalue weighted by atomic mass is 9.97. The average Bonchev–Trinajstić information content (AvgIpc) is 2.58. The first kappa shape index (κ1) is 20.0. The highest BCUT2D eigenvalue weighted by Gasteiger charge is 2.18. The van der Waals surface area contributed by atoms with E-state index in [4.69, 9.17) is 28.6 Å². The topological polar surface area (TPSA) is 59.1 Å². The van der Waals surface area contributed by atoms with Crippen molar-refractivity contribution in [3.63, 3.8) is 0 Å². The summed E-state index contributed by atoms with van der Waals surface area (Å²) >= 11 is 11.6. The number of piperidine rings is 1. The van der Waals surface area contributed by atoms with Crippen LogP contribution in [0.4, 0.5) is 0 Å². The molecule has 25 heavy (non-hydrogen) atoms. The molecule has 1 aliphatic heterocycles. The van der Waals surface area contributed by atoms with Crippen molar-refractivity contribution in [3.05, 3.63) is 44.4 Å². The van der Waals surface area contributed by atoms with Crippen LogP contribution in [0, 0.1) is 10.7 Å². The molecular formula is C17H21Cl2N3O2S. The summed E-state index contributed by atoms with van der Waals surface area (Å²) < 4.78 is 7.87. The molecule has 3 rings (SSSR count). The van der Waals surface area contributed by atoms with E-state index >= 15 is 0 Å². The van der Waals surface area contributed by atoms with Gasteiger partial charge in [-0.25, -0.2) is 0 Å². The predicted octanol–water partition coefficient (Wildman–Crippen LogP) is 3.66. The van der Waals surface area contributed by atoms with Crippen molar-refractivity contribution in [2.45, 2.75) is 19.4 Å². The summed E-state index contributed by atoms with van der Waals surface area (Å²) in [6, 6.07) is 6.94. The Bertz CT molecular complexity index is 845. The van der Waals surface area contributed by atoms with Crippen molar-refractivity contribution in [1.29, 1.82) is 0 Å². The molecule has 0 radical (unpaired) electrons. The molecule has 2 aromatic rings. The first-order chi connectivity index (χ1) is 11.6. The minimum absolute atomic E-state index is 0. The molecule has 0 saturated carbocycles. The van der Waals surface area contributed by atoms with E-state index in [-0.39, 0.29) is 18.0 Å². The Kier molecular flexibility index (Phi) is 7.07. The van der Waals surface area contributed by atoms with E-state index in [1.165, 1.54) is 0 Å². The fourth-order valence-corrected chi connectivity index (χ4v) is 3.57. The van der Waals surface area contributed by atoms with E-state index in [0.717, 1.165) is 43.7 Å². The molecular weight excluding hydrogens is 381 g/mol. The number of nitrogens with zero attached hydrogens (tertiary/aromatic N) is 1. The van der Waals surface area contributed by atoms with Gasteiger partial charge in [-0.3, -0.25) is 9.78 Å². The van der Waals surface area contributed by atoms with Crippen LogP contribution in [0.3, 0.4) is 0 Å². The second-order valence-electron chi connectivity index (χ2n) is 5.97. The molecule has 2 heterocycles. The maximum absolute atomic E-state index is 12.0. The van der Waals surface area contributed by atoms with Crippen molar-refractivity contribution in [2.24, 2.45) is 5.92 Å². The van der Waals surface area contributed by atoms with Crippen molar-refractivity contribution in [1.82, 2.24) is 14.9 Å². The second-order valence-corrected chi connectivity index (χ2v) is 6.80. The molecule has 0 spiro atoms. The quantitative estimate of drug-likeness (QED) is 0.767. The van der Waals surface area contributed by atoms with Crippen LogP contribution in [0.1, 0.15) is 12.8 Å². The molecule has 2 N–H and O–H groups in total. The van der Waals surface area contributed by atoms with Gasteiger partial charge in [0.05, 0.1) is 12.8 Å². The highest BCUT2D eigenvalue weighted by molar-refractivity contribution is 7.71. The lowest BCUT2D eigenvalue weighted by Gasteiger charge is -2.25. The standard InChI is InChI=1S/C17H20ClN3O2S.ClH/c1-23-15-3-2-12(18)8-13(15)14-9-16(22)20-17(24)21(14)10-11-4-6-19-7-5-11;/h2-3,8-9,11,19H,4-7,10H2,1H3,(H,20,22,24);1H. The fraction of sp³-hybridized carbons (Fsp3) is 0.412. The number of H-pyrrole nitrogens is 1. The highest BCUT2D eigenvalue weighted by atomic mass is 35.5. The Morgan fingerprint density at radius 2 is 2.04 bits per heavy atom. The number of aromatic nitrogens is 2. The number of hydrogen-bond donors (Lipinski definition) is 2. The van der Waals surface area contributed by atoms with Gasteiger partial charge in [-0.15, -0.1) is 12.4 Å². The number of rotatable bonds is 4. The molecule has 0 bridgehead atoms. The van der Waals surface area contributed by atoms with Crippen LogP contribution >= 0.6 is 36.2 Å². The highest BCUT2D eigenvalue weighted by Crippen LogP contribution is 2.32. The van der Waals surface area contributed by atoms with Gasteiger partial charge in [-0.05, 0) is 62.3 Å².